The lowest BCUT2D eigenvalue weighted by atomic mass is 10.1. The summed E-state index contributed by atoms with van der Waals surface area (Å²) in [6.45, 7) is 6.89. The number of nitrogens with zero attached hydrogens (tertiary/aromatic N) is 2. The second kappa shape index (κ2) is 5.02. The van der Waals surface area contributed by atoms with E-state index < -0.39 is 0 Å². The number of benzene rings is 1. The first-order valence-corrected chi connectivity index (χ1v) is 7.11. The molecule has 4 heteroatoms. The van der Waals surface area contributed by atoms with E-state index in [1.165, 1.54) is 24.5 Å². The first-order chi connectivity index (χ1) is 9.56. The van der Waals surface area contributed by atoms with Crippen LogP contribution in [0.4, 0.5) is 4.39 Å². The van der Waals surface area contributed by atoms with Gasteiger partial charge in [-0.25, -0.2) is 9.07 Å². The highest BCUT2D eigenvalue weighted by molar-refractivity contribution is 5.43. The molecule has 1 aliphatic carbocycles. The van der Waals surface area contributed by atoms with Crippen LogP contribution in [0, 0.1) is 26.6 Å². The van der Waals surface area contributed by atoms with Gasteiger partial charge in [0.25, 0.3) is 0 Å². The molecular formula is C16H20FN3. The van der Waals surface area contributed by atoms with Gasteiger partial charge in [-0.3, -0.25) is 0 Å². The van der Waals surface area contributed by atoms with Crippen LogP contribution in [-0.2, 0) is 6.54 Å². The zero-order chi connectivity index (χ0) is 14.3. The second-order valence-electron chi connectivity index (χ2n) is 5.65. The van der Waals surface area contributed by atoms with Crippen LogP contribution in [0.2, 0.25) is 0 Å². The van der Waals surface area contributed by atoms with Crippen LogP contribution in [0.25, 0.3) is 5.69 Å². The van der Waals surface area contributed by atoms with E-state index in [9.17, 15) is 4.39 Å². The summed E-state index contributed by atoms with van der Waals surface area (Å²) in [4.78, 5) is 0. The molecule has 3 nitrogen and oxygen atoms in total. The number of aryl methyl sites for hydroxylation is 2. The first kappa shape index (κ1) is 13.3. The van der Waals surface area contributed by atoms with Crippen molar-refractivity contribution < 1.29 is 4.39 Å². The maximum atomic E-state index is 13.2. The lowest BCUT2D eigenvalue weighted by molar-refractivity contribution is 0.625. The third-order valence-corrected chi connectivity index (χ3v) is 3.97. The number of rotatable bonds is 4. The molecule has 1 N–H and O–H groups in total. The van der Waals surface area contributed by atoms with Gasteiger partial charge in [-0.05, 0) is 57.4 Å². The van der Waals surface area contributed by atoms with Crippen molar-refractivity contribution in [1.82, 2.24) is 15.1 Å². The molecule has 1 fully saturated rings. The largest absolute Gasteiger partial charge is 0.310 e. The summed E-state index contributed by atoms with van der Waals surface area (Å²) >= 11 is 0. The summed E-state index contributed by atoms with van der Waals surface area (Å²) < 4.78 is 15.1. The molecule has 3 rings (SSSR count). The van der Waals surface area contributed by atoms with Crippen LogP contribution in [0.1, 0.15) is 35.4 Å². The number of halogens is 1. The minimum atomic E-state index is -0.205. The molecule has 0 aliphatic heterocycles. The zero-order valence-corrected chi connectivity index (χ0v) is 12.2. The van der Waals surface area contributed by atoms with Crippen molar-refractivity contribution in [2.24, 2.45) is 0 Å². The lowest BCUT2D eigenvalue weighted by Gasteiger charge is -2.09. The van der Waals surface area contributed by atoms with Crippen molar-refractivity contribution in [2.45, 2.75) is 46.2 Å². The van der Waals surface area contributed by atoms with E-state index >= 15 is 0 Å². The number of nitrogens with one attached hydrogen (secondary N) is 1. The van der Waals surface area contributed by atoms with Gasteiger partial charge in [0.05, 0.1) is 11.4 Å². The Labute approximate surface area is 118 Å². The minimum Gasteiger partial charge on any atom is -0.310 e. The van der Waals surface area contributed by atoms with E-state index in [0.717, 1.165) is 29.2 Å². The Kier molecular flexibility index (Phi) is 3.34. The summed E-state index contributed by atoms with van der Waals surface area (Å²) in [6.07, 6.45) is 2.56. The Hall–Kier alpha value is -1.68. The Bertz CT molecular complexity index is 641. The van der Waals surface area contributed by atoms with Gasteiger partial charge in [-0.2, -0.15) is 5.10 Å². The van der Waals surface area contributed by atoms with Gasteiger partial charge in [0, 0.05) is 23.8 Å². The van der Waals surface area contributed by atoms with Gasteiger partial charge < -0.3 is 5.32 Å². The smallest absolute Gasteiger partial charge is 0.123 e. The highest BCUT2D eigenvalue weighted by atomic mass is 19.1. The zero-order valence-electron chi connectivity index (χ0n) is 12.2. The van der Waals surface area contributed by atoms with Crippen LogP contribution in [-0.4, -0.2) is 15.8 Å². The summed E-state index contributed by atoms with van der Waals surface area (Å²) in [5.74, 6) is -0.205. The van der Waals surface area contributed by atoms with E-state index in [4.69, 9.17) is 0 Å². The topological polar surface area (TPSA) is 29.9 Å². The summed E-state index contributed by atoms with van der Waals surface area (Å²) in [5.41, 5.74) is 5.27. The van der Waals surface area contributed by atoms with Crippen LogP contribution >= 0.6 is 0 Å². The molecule has 0 atom stereocenters. The highest BCUT2D eigenvalue weighted by Crippen LogP contribution is 2.23. The summed E-state index contributed by atoms with van der Waals surface area (Å²) in [5, 5.41) is 8.15. The molecule has 0 spiro atoms. The summed E-state index contributed by atoms with van der Waals surface area (Å²) in [7, 11) is 0. The maximum absolute atomic E-state index is 13.2. The molecule has 0 radical (unpaired) electrons. The van der Waals surface area contributed by atoms with Crippen molar-refractivity contribution in [3.8, 4) is 5.69 Å². The molecule has 2 aromatic rings. The van der Waals surface area contributed by atoms with Gasteiger partial charge in [-0.15, -0.1) is 0 Å². The second-order valence-corrected chi connectivity index (χ2v) is 5.65. The van der Waals surface area contributed by atoms with E-state index in [1.807, 2.05) is 18.5 Å². The lowest BCUT2D eigenvalue weighted by Crippen LogP contribution is -2.16. The number of hydrogen-bond acceptors (Lipinski definition) is 2. The fourth-order valence-corrected chi connectivity index (χ4v) is 2.56. The SMILES string of the molecule is Cc1cc(F)ccc1-n1nc(C)c(CNC2CC2)c1C. The Balaban J connectivity index is 1.94. The number of hydrogen-bond donors (Lipinski definition) is 1. The van der Waals surface area contributed by atoms with Crippen LogP contribution in [0.15, 0.2) is 18.2 Å². The predicted molar refractivity (Wildman–Crippen MR) is 77.6 cm³/mol. The van der Waals surface area contributed by atoms with Gasteiger partial charge in [0.15, 0.2) is 0 Å². The molecule has 1 heterocycles. The third kappa shape index (κ3) is 2.48. The van der Waals surface area contributed by atoms with Gasteiger partial charge in [-0.1, -0.05) is 0 Å². The van der Waals surface area contributed by atoms with Gasteiger partial charge in [0.2, 0.25) is 0 Å². The van der Waals surface area contributed by atoms with Crippen molar-refractivity contribution in [1.29, 1.82) is 0 Å². The fourth-order valence-electron chi connectivity index (χ4n) is 2.56. The molecule has 1 aliphatic rings. The number of aromatic nitrogens is 2. The monoisotopic (exact) mass is 273 g/mol. The molecular weight excluding hydrogens is 253 g/mol. The van der Waals surface area contributed by atoms with E-state index in [1.54, 1.807) is 12.1 Å². The Morgan fingerprint density at radius 2 is 2.05 bits per heavy atom. The molecule has 106 valence electrons. The predicted octanol–water partition coefficient (Wildman–Crippen LogP) is 3.19. The van der Waals surface area contributed by atoms with E-state index in [2.05, 4.69) is 17.3 Å². The van der Waals surface area contributed by atoms with Gasteiger partial charge >= 0.3 is 0 Å². The average molecular weight is 273 g/mol. The molecule has 20 heavy (non-hydrogen) atoms. The van der Waals surface area contributed by atoms with Gasteiger partial charge in [0.1, 0.15) is 5.82 Å². The Morgan fingerprint density at radius 1 is 1.30 bits per heavy atom. The Morgan fingerprint density at radius 3 is 2.70 bits per heavy atom. The fraction of sp³-hybridized carbons (Fsp3) is 0.438. The molecule has 0 amide bonds. The molecule has 1 aromatic heterocycles. The van der Waals surface area contributed by atoms with Crippen molar-refractivity contribution in [3.63, 3.8) is 0 Å². The maximum Gasteiger partial charge on any atom is 0.123 e. The average Bonchev–Trinajstić information content (AvgIpc) is 3.16. The normalized spacial score (nSPS) is 14.8. The van der Waals surface area contributed by atoms with Crippen LogP contribution < -0.4 is 5.32 Å². The first-order valence-electron chi connectivity index (χ1n) is 7.11. The van der Waals surface area contributed by atoms with Crippen molar-refractivity contribution in [3.05, 3.63) is 46.5 Å². The summed E-state index contributed by atoms with van der Waals surface area (Å²) in [6, 6.07) is 5.52. The van der Waals surface area contributed by atoms with Crippen LogP contribution in [0.5, 0.6) is 0 Å². The van der Waals surface area contributed by atoms with Crippen LogP contribution in [0.3, 0.4) is 0 Å². The third-order valence-electron chi connectivity index (χ3n) is 3.97. The van der Waals surface area contributed by atoms with E-state index in [0.29, 0.717) is 6.04 Å². The highest BCUT2D eigenvalue weighted by Gasteiger charge is 2.22. The minimum absolute atomic E-state index is 0.205. The quantitative estimate of drug-likeness (QED) is 0.927. The molecule has 1 saturated carbocycles. The molecule has 0 unspecified atom stereocenters. The molecule has 1 aromatic carbocycles. The van der Waals surface area contributed by atoms with Crippen molar-refractivity contribution >= 4 is 0 Å². The molecule has 0 saturated heterocycles. The molecule has 0 bridgehead atoms. The van der Waals surface area contributed by atoms with E-state index in [-0.39, 0.29) is 5.82 Å². The standard InChI is InChI=1S/C16H20FN3/c1-10-8-13(17)4-7-16(10)20-12(3)15(11(2)19-20)9-18-14-5-6-14/h4,7-8,14,18H,5-6,9H2,1-3H3. The van der Waals surface area contributed by atoms with Crippen molar-refractivity contribution in [2.75, 3.05) is 0 Å².